The summed E-state index contributed by atoms with van der Waals surface area (Å²) in [5.74, 6) is 0.659. The minimum atomic E-state index is 0.659. The van der Waals surface area contributed by atoms with Crippen LogP contribution in [0.3, 0.4) is 0 Å². The van der Waals surface area contributed by atoms with Crippen molar-refractivity contribution in [2.45, 2.75) is 0 Å². The average molecular weight is 145 g/mol. The van der Waals surface area contributed by atoms with Gasteiger partial charge in [-0.3, -0.25) is 0 Å². The van der Waals surface area contributed by atoms with Crippen LogP contribution in [-0.2, 0) is 0 Å². The number of para-hydroxylation sites is 1. The number of aromatic amines is 1. The number of fused-ring (bicyclic) bond motifs is 1. The summed E-state index contributed by atoms with van der Waals surface area (Å²) in [6, 6.07) is 7.94. The predicted molar refractivity (Wildman–Crippen MR) is 47.2 cm³/mol. The van der Waals surface area contributed by atoms with Gasteiger partial charge in [-0.05, 0) is 13.0 Å². The molecular weight excluding hydrogens is 136 g/mol. The first-order chi connectivity index (χ1) is 5.29. The molecule has 0 atom stereocenters. The molecule has 1 heterocycles. The van der Waals surface area contributed by atoms with Crippen molar-refractivity contribution >= 4 is 16.7 Å². The third kappa shape index (κ3) is 0.792. The zero-order valence-corrected chi connectivity index (χ0v) is 6.09. The molecule has 0 unspecified atom stereocenters. The molecule has 3 N–H and O–H groups in total. The molecule has 1 aromatic heterocycles. The number of hydrogen-bond acceptors (Lipinski definition) is 1. The van der Waals surface area contributed by atoms with Crippen LogP contribution in [0.25, 0.3) is 10.9 Å². The lowest BCUT2D eigenvalue weighted by Crippen LogP contribution is -1.84. The Morgan fingerprint density at radius 2 is 2.00 bits per heavy atom. The van der Waals surface area contributed by atoms with E-state index in [9.17, 15) is 0 Å². The van der Waals surface area contributed by atoms with Crippen LogP contribution in [0, 0.1) is 6.92 Å². The lowest BCUT2D eigenvalue weighted by Gasteiger charge is -1.87. The largest absolute Gasteiger partial charge is 0.385 e. The van der Waals surface area contributed by atoms with E-state index in [0.29, 0.717) is 5.82 Å². The number of nitrogens with two attached hydrogens (primary N) is 1. The topological polar surface area (TPSA) is 41.8 Å². The Kier molecular flexibility index (Phi) is 1.15. The Bertz CT molecular complexity index is 387. The summed E-state index contributed by atoms with van der Waals surface area (Å²) in [7, 11) is 0. The second-order valence-corrected chi connectivity index (χ2v) is 2.56. The molecule has 0 saturated heterocycles. The fraction of sp³-hybridized carbons (Fsp3) is 0. The number of rotatable bonds is 0. The molecule has 0 bridgehead atoms. The van der Waals surface area contributed by atoms with Crippen molar-refractivity contribution in [3.63, 3.8) is 0 Å². The SMILES string of the molecule is [CH2]c1c(N)[nH]c2ccccc12. The second-order valence-electron chi connectivity index (χ2n) is 2.56. The number of hydrogen-bond donors (Lipinski definition) is 2. The first-order valence-corrected chi connectivity index (χ1v) is 3.47. The number of nitrogen functional groups attached to an aromatic ring is 1. The van der Waals surface area contributed by atoms with Gasteiger partial charge >= 0.3 is 0 Å². The molecule has 0 aliphatic carbocycles. The molecule has 0 amide bonds. The van der Waals surface area contributed by atoms with Crippen molar-refractivity contribution in [2.24, 2.45) is 0 Å². The van der Waals surface area contributed by atoms with Crippen LogP contribution in [-0.4, -0.2) is 4.98 Å². The molecular formula is C9H9N2. The Morgan fingerprint density at radius 1 is 1.27 bits per heavy atom. The molecule has 0 spiro atoms. The molecule has 0 aliphatic heterocycles. The molecule has 2 aromatic rings. The average Bonchev–Trinajstić information content (AvgIpc) is 2.30. The lowest BCUT2D eigenvalue weighted by atomic mass is 10.2. The minimum absolute atomic E-state index is 0.659. The summed E-state index contributed by atoms with van der Waals surface area (Å²) in [6.07, 6.45) is 0. The first kappa shape index (κ1) is 6.28. The molecule has 2 nitrogen and oxygen atoms in total. The molecule has 0 saturated carbocycles. The Hall–Kier alpha value is -1.44. The van der Waals surface area contributed by atoms with Gasteiger partial charge in [-0.1, -0.05) is 18.2 Å². The standard InChI is InChI=1S/C9H9N2/c1-6-7-4-2-3-5-8(7)11-9(6)10/h2-5,11H,1,10H2. The van der Waals surface area contributed by atoms with E-state index in [-0.39, 0.29) is 0 Å². The van der Waals surface area contributed by atoms with Crippen LogP contribution >= 0.6 is 0 Å². The van der Waals surface area contributed by atoms with Crippen LogP contribution in [0.2, 0.25) is 0 Å². The van der Waals surface area contributed by atoms with Crippen molar-refractivity contribution in [3.8, 4) is 0 Å². The van der Waals surface area contributed by atoms with Gasteiger partial charge < -0.3 is 10.7 Å². The molecule has 55 valence electrons. The van der Waals surface area contributed by atoms with Crippen LogP contribution in [0.5, 0.6) is 0 Å². The van der Waals surface area contributed by atoms with Gasteiger partial charge in [0.15, 0.2) is 0 Å². The molecule has 11 heavy (non-hydrogen) atoms. The van der Waals surface area contributed by atoms with Gasteiger partial charge in [0.05, 0.1) is 0 Å². The Morgan fingerprint density at radius 3 is 2.73 bits per heavy atom. The highest BCUT2D eigenvalue weighted by atomic mass is 14.8. The minimum Gasteiger partial charge on any atom is -0.385 e. The van der Waals surface area contributed by atoms with Gasteiger partial charge in [0.25, 0.3) is 0 Å². The normalized spacial score (nSPS) is 10.6. The quantitative estimate of drug-likeness (QED) is 0.584. The highest BCUT2D eigenvalue weighted by Crippen LogP contribution is 2.21. The lowest BCUT2D eigenvalue weighted by molar-refractivity contribution is 1.46. The number of nitrogens with one attached hydrogen (secondary N) is 1. The summed E-state index contributed by atoms with van der Waals surface area (Å²) < 4.78 is 0. The number of H-pyrrole nitrogens is 1. The van der Waals surface area contributed by atoms with E-state index in [1.54, 1.807) is 0 Å². The number of benzene rings is 1. The highest BCUT2D eigenvalue weighted by Gasteiger charge is 2.01. The molecule has 1 aromatic carbocycles. The van der Waals surface area contributed by atoms with Crippen molar-refractivity contribution in [1.29, 1.82) is 0 Å². The summed E-state index contributed by atoms with van der Waals surface area (Å²) in [4.78, 5) is 3.04. The van der Waals surface area contributed by atoms with Crippen molar-refractivity contribution < 1.29 is 0 Å². The van der Waals surface area contributed by atoms with Crippen molar-refractivity contribution in [2.75, 3.05) is 5.73 Å². The summed E-state index contributed by atoms with van der Waals surface area (Å²) in [5.41, 5.74) is 7.57. The first-order valence-electron chi connectivity index (χ1n) is 3.47. The Balaban J connectivity index is 2.92. The fourth-order valence-corrected chi connectivity index (χ4v) is 1.22. The van der Waals surface area contributed by atoms with Crippen LogP contribution < -0.4 is 5.73 Å². The van der Waals surface area contributed by atoms with Gasteiger partial charge in [0, 0.05) is 16.5 Å². The van der Waals surface area contributed by atoms with Gasteiger partial charge in [0.2, 0.25) is 0 Å². The molecule has 2 rings (SSSR count). The van der Waals surface area contributed by atoms with Gasteiger partial charge in [-0.2, -0.15) is 0 Å². The van der Waals surface area contributed by atoms with Gasteiger partial charge in [0.1, 0.15) is 5.82 Å². The van der Waals surface area contributed by atoms with E-state index >= 15 is 0 Å². The zero-order chi connectivity index (χ0) is 7.84. The zero-order valence-electron chi connectivity index (χ0n) is 6.09. The van der Waals surface area contributed by atoms with Crippen LogP contribution in [0.4, 0.5) is 5.82 Å². The third-order valence-corrected chi connectivity index (χ3v) is 1.85. The van der Waals surface area contributed by atoms with E-state index in [4.69, 9.17) is 5.73 Å². The fourth-order valence-electron chi connectivity index (χ4n) is 1.22. The van der Waals surface area contributed by atoms with E-state index < -0.39 is 0 Å². The predicted octanol–water partition coefficient (Wildman–Crippen LogP) is 1.93. The number of aromatic nitrogens is 1. The maximum Gasteiger partial charge on any atom is 0.104 e. The van der Waals surface area contributed by atoms with Gasteiger partial charge in [-0.15, -0.1) is 0 Å². The van der Waals surface area contributed by atoms with Crippen molar-refractivity contribution in [3.05, 3.63) is 36.8 Å². The molecule has 1 radical (unpaired) electrons. The van der Waals surface area contributed by atoms with Crippen molar-refractivity contribution in [1.82, 2.24) is 4.98 Å². The van der Waals surface area contributed by atoms with E-state index in [1.165, 1.54) is 0 Å². The van der Waals surface area contributed by atoms with Crippen LogP contribution in [0.15, 0.2) is 24.3 Å². The monoisotopic (exact) mass is 145 g/mol. The smallest absolute Gasteiger partial charge is 0.104 e. The second kappa shape index (κ2) is 2.02. The van der Waals surface area contributed by atoms with Crippen LogP contribution in [0.1, 0.15) is 5.56 Å². The Labute approximate surface area is 65.0 Å². The maximum absolute atomic E-state index is 5.63. The van der Waals surface area contributed by atoms with E-state index in [2.05, 4.69) is 11.9 Å². The molecule has 0 aliphatic rings. The molecule has 0 fully saturated rings. The van der Waals surface area contributed by atoms with E-state index in [0.717, 1.165) is 16.5 Å². The van der Waals surface area contributed by atoms with Gasteiger partial charge in [-0.25, -0.2) is 0 Å². The highest BCUT2D eigenvalue weighted by molar-refractivity contribution is 5.88. The number of anilines is 1. The summed E-state index contributed by atoms with van der Waals surface area (Å²) in [5, 5.41) is 1.10. The summed E-state index contributed by atoms with van der Waals surface area (Å²) >= 11 is 0. The molecule has 2 heteroatoms. The van der Waals surface area contributed by atoms with E-state index in [1.807, 2.05) is 24.3 Å². The summed E-state index contributed by atoms with van der Waals surface area (Å²) in [6.45, 7) is 3.85. The maximum atomic E-state index is 5.63. The third-order valence-electron chi connectivity index (χ3n) is 1.85.